The Morgan fingerprint density at radius 2 is 1.89 bits per heavy atom. The van der Waals surface area contributed by atoms with E-state index in [1.54, 1.807) is 12.1 Å². The van der Waals surface area contributed by atoms with E-state index in [1.165, 1.54) is 18.2 Å². The number of anilines is 1. The van der Waals surface area contributed by atoms with Crippen LogP contribution in [-0.4, -0.2) is 4.92 Å². The van der Waals surface area contributed by atoms with Crippen LogP contribution in [0.4, 0.5) is 11.4 Å². The number of nitrogens with two attached hydrogens (primary N) is 1. The van der Waals surface area contributed by atoms with Gasteiger partial charge in [0.05, 0.1) is 15.5 Å². The van der Waals surface area contributed by atoms with Crippen LogP contribution in [0.3, 0.4) is 0 Å². The summed E-state index contributed by atoms with van der Waals surface area (Å²) < 4.78 is 7.21. The smallest absolute Gasteiger partial charge is 0.275 e. The molecule has 0 fully saturated rings. The highest BCUT2D eigenvalue weighted by Gasteiger charge is 2.11. The van der Waals surface area contributed by atoms with Gasteiger partial charge in [-0.05, 0) is 34.1 Å². The maximum atomic E-state index is 10.7. The number of nitro groups is 1. The van der Waals surface area contributed by atoms with Gasteiger partial charge in [-0.3, -0.25) is 10.1 Å². The molecule has 0 aliphatic rings. The highest BCUT2D eigenvalue weighted by Crippen LogP contribution is 2.34. The Bertz CT molecular complexity index is 647. The Morgan fingerprint density at radius 3 is 2.53 bits per heavy atom. The van der Waals surface area contributed by atoms with Gasteiger partial charge in [0.2, 0.25) is 0 Å². The summed E-state index contributed by atoms with van der Waals surface area (Å²) >= 11 is 6.68. The molecule has 5 nitrogen and oxygen atoms in total. The molecule has 0 saturated heterocycles. The number of nitro benzene ring substituents is 1. The zero-order chi connectivity index (χ0) is 14.0. The zero-order valence-electron chi connectivity index (χ0n) is 9.47. The van der Waals surface area contributed by atoms with Crippen LogP contribution in [0.2, 0.25) is 0 Å². The fraction of sp³-hybridized carbons (Fsp3) is 0. The van der Waals surface area contributed by atoms with Crippen molar-refractivity contribution in [2.24, 2.45) is 0 Å². The molecule has 0 unspecified atom stereocenters. The number of rotatable bonds is 3. The molecular formula is C12H8Br2N2O3. The molecule has 0 aromatic heterocycles. The second-order valence-electron chi connectivity index (χ2n) is 3.69. The van der Waals surface area contributed by atoms with E-state index in [2.05, 4.69) is 31.9 Å². The number of nitrogens with zero attached hydrogens (tertiary/aromatic N) is 1. The molecule has 2 N–H and O–H groups in total. The third-order valence-corrected chi connectivity index (χ3v) is 3.36. The minimum absolute atomic E-state index is 0.108. The topological polar surface area (TPSA) is 78.4 Å². The molecule has 19 heavy (non-hydrogen) atoms. The summed E-state index contributed by atoms with van der Waals surface area (Å²) in [5.74, 6) is 0.859. The minimum atomic E-state index is -0.514. The van der Waals surface area contributed by atoms with Gasteiger partial charge in [-0.1, -0.05) is 15.9 Å². The second kappa shape index (κ2) is 5.58. The molecule has 2 rings (SSSR count). The van der Waals surface area contributed by atoms with Crippen LogP contribution >= 0.6 is 31.9 Å². The van der Waals surface area contributed by atoms with E-state index in [1.807, 2.05) is 6.07 Å². The number of benzene rings is 2. The molecule has 0 heterocycles. The van der Waals surface area contributed by atoms with E-state index in [9.17, 15) is 10.1 Å². The van der Waals surface area contributed by atoms with E-state index in [0.29, 0.717) is 11.5 Å². The number of ether oxygens (including phenoxy) is 1. The summed E-state index contributed by atoms with van der Waals surface area (Å²) in [5, 5.41) is 10.7. The van der Waals surface area contributed by atoms with Crippen LogP contribution in [0.15, 0.2) is 45.3 Å². The van der Waals surface area contributed by atoms with Crippen molar-refractivity contribution in [3.05, 3.63) is 55.5 Å². The first-order valence-electron chi connectivity index (χ1n) is 5.13. The molecule has 0 aliphatic carbocycles. The van der Waals surface area contributed by atoms with E-state index >= 15 is 0 Å². The van der Waals surface area contributed by atoms with Gasteiger partial charge in [0.1, 0.15) is 11.5 Å². The molecule has 2 aromatic carbocycles. The molecule has 2 aromatic rings. The molecule has 0 spiro atoms. The lowest BCUT2D eigenvalue weighted by Crippen LogP contribution is -1.94. The summed E-state index contributed by atoms with van der Waals surface area (Å²) in [6, 6.07) is 9.50. The van der Waals surface area contributed by atoms with Crippen molar-refractivity contribution in [1.29, 1.82) is 0 Å². The Labute approximate surface area is 125 Å². The monoisotopic (exact) mass is 386 g/mol. The van der Waals surface area contributed by atoms with Crippen LogP contribution in [0.1, 0.15) is 0 Å². The highest BCUT2D eigenvalue weighted by molar-refractivity contribution is 9.11. The number of nitrogen functional groups attached to an aromatic ring is 1. The predicted octanol–water partition coefficient (Wildman–Crippen LogP) is 4.49. The van der Waals surface area contributed by atoms with Crippen molar-refractivity contribution >= 4 is 43.2 Å². The van der Waals surface area contributed by atoms with Crippen LogP contribution in [-0.2, 0) is 0 Å². The van der Waals surface area contributed by atoms with Crippen LogP contribution in [0.25, 0.3) is 0 Å². The van der Waals surface area contributed by atoms with Gasteiger partial charge in [0.25, 0.3) is 5.69 Å². The van der Waals surface area contributed by atoms with Gasteiger partial charge in [0, 0.05) is 22.3 Å². The molecular weight excluding hydrogens is 380 g/mol. The van der Waals surface area contributed by atoms with Crippen molar-refractivity contribution in [2.75, 3.05) is 5.73 Å². The van der Waals surface area contributed by atoms with Gasteiger partial charge in [-0.25, -0.2) is 0 Å². The first-order chi connectivity index (χ1) is 8.95. The number of hydrogen-bond donors (Lipinski definition) is 1. The van der Waals surface area contributed by atoms with Crippen molar-refractivity contribution in [3.63, 3.8) is 0 Å². The van der Waals surface area contributed by atoms with Crippen molar-refractivity contribution in [1.82, 2.24) is 0 Å². The van der Waals surface area contributed by atoms with Gasteiger partial charge >= 0.3 is 0 Å². The van der Waals surface area contributed by atoms with Gasteiger partial charge < -0.3 is 10.5 Å². The highest BCUT2D eigenvalue weighted by atomic mass is 79.9. The largest absolute Gasteiger partial charge is 0.456 e. The van der Waals surface area contributed by atoms with Crippen LogP contribution in [0.5, 0.6) is 11.5 Å². The summed E-state index contributed by atoms with van der Waals surface area (Å²) in [4.78, 5) is 10.2. The Kier molecular flexibility index (Phi) is 4.06. The van der Waals surface area contributed by atoms with Crippen LogP contribution < -0.4 is 10.5 Å². The molecule has 98 valence electrons. The van der Waals surface area contributed by atoms with Gasteiger partial charge in [-0.15, -0.1) is 0 Å². The van der Waals surface area contributed by atoms with E-state index in [-0.39, 0.29) is 11.4 Å². The quantitative estimate of drug-likeness (QED) is 0.478. The third-order valence-electron chi connectivity index (χ3n) is 2.25. The Balaban J connectivity index is 2.35. The lowest BCUT2D eigenvalue weighted by Gasteiger charge is -2.08. The summed E-state index contributed by atoms with van der Waals surface area (Å²) in [7, 11) is 0. The lowest BCUT2D eigenvalue weighted by molar-refractivity contribution is -0.384. The average molecular weight is 388 g/mol. The Morgan fingerprint density at radius 1 is 1.16 bits per heavy atom. The standard InChI is InChI=1S/C12H8Br2N2O3/c13-7-1-2-12(11(14)3-7)19-10-5-8(15)4-9(6-10)16(17)18/h1-6H,15H2. The number of non-ortho nitro benzene ring substituents is 1. The van der Waals surface area contributed by atoms with Crippen molar-refractivity contribution in [3.8, 4) is 11.5 Å². The molecule has 0 aliphatic heterocycles. The van der Waals surface area contributed by atoms with E-state index in [0.717, 1.165) is 8.95 Å². The maximum absolute atomic E-state index is 10.7. The number of hydrogen-bond acceptors (Lipinski definition) is 4. The van der Waals surface area contributed by atoms with Crippen molar-refractivity contribution < 1.29 is 9.66 Å². The average Bonchev–Trinajstić information content (AvgIpc) is 2.32. The van der Waals surface area contributed by atoms with Crippen LogP contribution in [0, 0.1) is 10.1 Å². The molecule has 0 atom stereocenters. The summed E-state index contributed by atoms with van der Waals surface area (Å²) in [5.41, 5.74) is 5.78. The summed E-state index contributed by atoms with van der Waals surface area (Å²) in [6.07, 6.45) is 0. The molecule has 0 bridgehead atoms. The maximum Gasteiger partial charge on any atom is 0.275 e. The lowest BCUT2D eigenvalue weighted by atomic mass is 10.2. The Hall–Kier alpha value is -1.60. The van der Waals surface area contributed by atoms with E-state index < -0.39 is 4.92 Å². The first kappa shape index (κ1) is 13.8. The fourth-order valence-electron chi connectivity index (χ4n) is 1.46. The second-order valence-corrected chi connectivity index (χ2v) is 5.46. The summed E-state index contributed by atoms with van der Waals surface area (Å²) in [6.45, 7) is 0. The number of halogens is 2. The normalized spacial score (nSPS) is 10.2. The zero-order valence-corrected chi connectivity index (χ0v) is 12.6. The third kappa shape index (κ3) is 3.45. The van der Waals surface area contributed by atoms with Gasteiger partial charge in [-0.2, -0.15) is 0 Å². The van der Waals surface area contributed by atoms with E-state index in [4.69, 9.17) is 10.5 Å². The molecule has 0 radical (unpaired) electrons. The fourth-order valence-corrected chi connectivity index (χ4v) is 2.58. The molecule has 0 amide bonds. The first-order valence-corrected chi connectivity index (χ1v) is 6.72. The van der Waals surface area contributed by atoms with Crippen molar-refractivity contribution in [2.45, 2.75) is 0 Å². The molecule has 0 saturated carbocycles. The SMILES string of the molecule is Nc1cc(Oc2ccc(Br)cc2Br)cc([N+](=O)[O-])c1. The van der Waals surface area contributed by atoms with Gasteiger partial charge in [0.15, 0.2) is 0 Å². The predicted molar refractivity (Wildman–Crippen MR) is 79.4 cm³/mol. The minimum Gasteiger partial charge on any atom is -0.456 e. The molecule has 7 heteroatoms.